The van der Waals surface area contributed by atoms with Crippen LogP contribution < -0.4 is 0 Å². The van der Waals surface area contributed by atoms with E-state index in [1.165, 1.54) is 6.08 Å². The Bertz CT molecular complexity index is 859. The number of hydrogen-bond acceptors (Lipinski definition) is 4. The van der Waals surface area contributed by atoms with Gasteiger partial charge in [0.15, 0.2) is 4.33 Å². The molecule has 0 aromatic carbocycles. The molecule has 0 aromatic heterocycles. The molecule has 29 heavy (non-hydrogen) atoms. The van der Waals surface area contributed by atoms with Crippen molar-refractivity contribution in [1.29, 1.82) is 0 Å². The van der Waals surface area contributed by atoms with Gasteiger partial charge in [-0.3, -0.25) is 14.4 Å². The number of alkyl halides is 4. The first-order chi connectivity index (χ1) is 13.4. The Morgan fingerprint density at radius 1 is 1.03 bits per heavy atom. The molecule has 0 N–H and O–H groups in total. The molecule has 5 nitrogen and oxygen atoms in total. The smallest absolute Gasteiger partial charge is 0.260 e. The summed E-state index contributed by atoms with van der Waals surface area (Å²) in [6, 6.07) is 0. The first-order valence-electron chi connectivity index (χ1n) is 8.72. The van der Waals surface area contributed by atoms with Crippen LogP contribution in [-0.4, -0.2) is 49.8 Å². The van der Waals surface area contributed by atoms with Crippen LogP contribution in [-0.2, 0) is 19.2 Å². The molecule has 0 radical (unpaired) electrons. The third-order valence-electron chi connectivity index (χ3n) is 6.71. The second-order valence-corrected chi connectivity index (χ2v) is 11.7. The fourth-order valence-corrected chi connectivity index (χ4v) is 8.75. The Morgan fingerprint density at radius 3 is 1.90 bits per heavy atom. The van der Waals surface area contributed by atoms with Crippen LogP contribution in [0.2, 0.25) is 0 Å². The second kappa shape index (κ2) is 6.33. The quantitative estimate of drug-likeness (QED) is 0.389. The summed E-state index contributed by atoms with van der Waals surface area (Å²) in [5.74, 6) is -3.81. The summed E-state index contributed by atoms with van der Waals surface area (Å²) in [5, 5.41) is 1.33. The maximum absolute atomic E-state index is 13.0. The highest BCUT2D eigenvalue weighted by Gasteiger charge is 2.90. The van der Waals surface area contributed by atoms with Gasteiger partial charge in [0.2, 0.25) is 0 Å². The lowest BCUT2D eigenvalue weighted by Crippen LogP contribution is -2.50. The molecule has 3 saturated heterocycles. The van der Waals surface area contributed by atoms with Crippen molar-refractivity contribution in [2.45, 2.75) is 33.2 Å². The normalized spacial score (nSPS) is 49.5. The standard InChI is InChI=1S/C17H12Cl7NO4/c1-4(18)2-3-28-25-13(26)5-6(14(25)27)10-8-7(9(5)29-10)15(21)11(19)12(20)16(8,22)17(15,23)24/h2,5-10H,3H2,1H3/b4-2+. The number of fused-ring (bicyclic) bond motifs is 12. The van der Waals surface area contributed by atoms with E-state index in [1.54, 1.807) is 6.92 Å². The predicted molar refractivity (Wildman–Crippen MR) is 110 cm³/mol. The van der Waals surface area contributed by atoms with Gasteiger partial charge in [-0.25, -0.2) is 0 Å². The molecule has 3 heterocycles. The number of amides is 2. The summed E-state index contributed by atoms with van der Waals surface area (Å²) < 4.78 is 4.31. The largest absolute Gasteiger partial charge is 0.373 e. The molecule has 5 aliphatic rings. The topological polar surface area (TPSA) is 55.8 Å². The van der Waals surface area contributed by atoms with Crippen LogP contribution in [0.3, 0.4) is 0 Å². The summed E-state index contributed by atoms with van der Waals surface area (Å²) in [7, 11) is 0. The summed E-state index contributed by atoms with van der Waals surface area (Å²) in [6.45, 7) is 1.63. The highest BCUT2D eigenvalue weighted by Crippen LogP contribution is 2.81. The molecule has 4 fully saturated rings. The van der Waals surface area contributed by atoms with Crippen molar-refractivity contribution in [1.82, 2.24) is 5.06 Å². The zero-order valence-corrected chi connectivity index (χ0v) is 19.8. The number of carbonyl (C=O) groups is 2. The highest BCUT2D eigenvalue weighted by molar-refractivity contribution is 6.65. The fraction of sp³-hybridized carbons (Fsp3) is 0.647. The summed E-state index contributed by atoms with van der Waals surface area (Å²) in [6.07, 6.45) is 0.0362. The van der Waals surface area contributed by atoms with Gasteiger partial charge in [-0.15, -0.1) is 23.2 Å². The number of hydroxylamine groups is 2. The number of hydrogen-bond donors (Lipinski definition) is 0. The molecule has 1 saturated carbocycles. The molecule has 8 unspecified atom stereocenters. The van der Waals surface area contributed by atoms with Gasteiger partial charge < -0.3 is 4.74 Å². The molecule has 5 rings (SSSR count). The number of ether oxygens (including phenoxy) is 1. The minimum Gasteiger partial charge on any atom is -0.373 e. The van der Waals surface area contributed by atoms with Crippen LogP contribution in [0.15, 0.2) is 21.2 Å². The average molecular weight is 542 g/mol. The van der Waals surface area contributed by atoms with Crippen molar-refractivity contribution in [2.24, 2.45) is 23.7 Å². The molecule has 0 spiro atoms. The lowest BCUT2D eigenvalue weighted by atomic mass is 9.65. The molecule has 158 valence electrons. The first kappa shape index (κ1) is 21.4. The Labute approximate surface area is 201 Å². The van der Waals surface area contributed by atoms with E-state index in [1.807, 2.05) is 0 Å². The number of halogens is 7. The van der Waals surface area contributed by atoms with E-state index in [2.05, 4.69) is 0 Å². The molecular weight excluding hydrogens is 530 g/mol. The minimum atomic E-state index is -1.74. The number of carbonyl (C=O) groups excluding carboxylic acids is 2. The Kier molecular flexibility index (Phi) is 4.68. The van der Waals surface area contributed by atoms with E-state index in [9.17, 15) is 9.59 Å². The SMILES string of the molecule is C/C(Cl)=C\CON1C(=O)C2C3OC(C2C1=O)C1C3C2(Cl)C(Cl)=C(Cl)C1(Cl)C2(Cl)Cl. The van der Waals surface area contributed by atoms with Gasteiger partial charge in [0.05, 0.1) is 40.7 Å². The number of rotatable bonds is 3. The number of imide groups is 1. The lowest BCUT2D eigenvalue weighted by molar-refractivity contribution is -0.189. The summed E-state index contributed by atoms with van der Waals surface area (Å²) in [4.78, 5) is 28.2. The van der Waals surface area contributed by atoms with Crippen molar-refractivity contribution in [3.05, 3.63) is 21.2 Å². The summed E-state index contributed by atoms with van der Waals surface area (Å²) in [5.41, 5.74) is 0. The van der Waals surface area contributed by atoms with E-state index in [-0.39, 0.29) is 16.7 Å². The minimum absolute atomic E-state index is 0.0279. The zero-order chi connectivity index (χ0) is 21.3. The fourth-order valence-electron chi connectivity index (χ4n) is 5.62. The molecular formula is C17H12Cl7NO4. The van der Waals surface area contributed by atoms with Crippen molar-refractivity contribution >= 4 is 93.0 Å². The van der Waals surface area contributed by atoms with Crippen molar-refractivity contribution in [3.8, 4) is 0 Å². The van der Waals surface area contributed by atoms with Gasteiger partial charge in [-0.1, -0.05) is 58.0 Å². The van der Waals surface area contributed by atoms with Gasteiger partial charge >= 0.3 is 0 Å². The Balaban J connectivity index is 1.54. The predicted octanol–water partition coefficient (Wildman–Crippen LogP) is 4.52. The molecule has 0 aromatic rings. The van der Waals surface area contributed by atoms with Crippen molar-refractivity contribution in [3.63, 3.8) is 0 Å². The van der Waals surface area contributed by atoms with Crippen LogP contribution >= 0.6 is 81.2 Å². The van der Waals surface area contributed by atoms with Gasteiger partial charge in [-0.05, 0) is 13.0 Å². The molecule has 4 bridgehead atoms. The zero-order valence-electron chi connectivity index (χ0n) is 14.5. The van der Waals surface area contributed by atoms with Gasteiger partial charge in [-0.2, -0.15) is 5.06 Å². The molecule has 2 aliphatic carbocycles. The van der Waals surface area contributed by atoms with E-state index < -0.39 is 61.8 Å². The first-order valence-corrected chi connectivity index (χ1v) is 11.4. The molecule has 2 amide bonds. The highest BCUT2D eigenvalue weighted by atomic mass is 35.5. The maximum atomic E-state index is 13.0. The lowest BCUT2D eigenvalue weighted by Gasteiger charge is -2.39. The van der Waals surface area contributed by atoms with Crippen LogP contribution in [0, 0.1) is 23.7 Å². The maximum Gasteiger partial charge on any atom is 0.260 e. The van der Waals surface area contributed by atoms with E-state index in [0.717, 1.165) is 5.06 Å². The Morgan fingerprint density at radius 2 is 1.48 bits per heavy atom. The van der Waals surface area contributed by atoms with Gasteiger partial charge in [0.1, 0.15) is 9.75 Å². The van der Waals surface area contributed by atoms with Crippen LogP contribution in [0.1, 0.15) is 6.92 Å². The van der Waals surface area contributed by atoms with Crippen LogP contribution in [0.25, 0.3) is 0 Å². The average Bonchev–Trinajstić information content (AvgIpc) is 3.33. The summed E-state index contributed by atoms with van der Waals surface area (Å²) >= 11 is 45.6. The number of allylic oxidation sites excluding steroid dienone is 3. The van der Waals surface area contributed by atoms with Crippen LogP contribution in [0.5, 0.6) is 0 Å². The van der Waals surface area contributed by atoms with Gasteiger partial charge in [0.25, 0.3) is 11.8 Å². The molecule has 3 aliphatic heterocycles. The van der Waals surface area contributed by atoms with Gasteiger partial charge in [0, 0.05) is 16.9 Å². The monoisotopic (exact) mass is 539 g/mol. The Hall–Kier alpha value is 0.570. The van der Waals surface area contributed by atoms with E-state index in [4.69, 9.17) is 90.8 Å². The third-order valence-corrected chi connectivity index (χ3v) is 11.2. The number of nitrogens with zero attached hydrogens (tertiary/aromatic N) is 1. The van der Waals surface area contributed by atoms with Crippen LogP contribution in [0.4, 0.5) is 0 Å². The van der Waals surface area contributed by atoms with Crippen molar-refractivity contribution in [2.75, 3.05) is 6.61 Å². The van der Waals surface area contributed by atoms with E-state index in [0.29, 0.717) is 5.03 Å². The molecule has 12 heteroatoms. The molecule has 8 atom stereocenters. The van der Waals surface area contributed by atoms with E-state index >= 15 is 0 Å². The second-order valence-electron chi connectivity index (χ2n) is 7.85. The van der Waals surface area contributed by atoms with Crippen molar-refractivity contribution < 1.29 is 19.2 Å². The third kappa shape index (κ3) is 2.16.